The number of hydrogen-bond donors (Lipinski definition) is 3. The predicted octanol–water partition coefficient (Wildman–Crippen LogP) is 1.66. The summed E-state index contributed by atoms with van der Waals surface area (Å²) in [5, 5.41) is 14.5. The van der Waals surface area contributed by atoms with Gasteiger partial charge in [-0.05, 0) is 37.9 Å². The minimum atomic E-state index is -0.373. The minimum Gasteiger partial charge on any atom is -0.445 e. The topological polar surface area (TPSA) is 70.6 Å². The molecule has 20 heavy (non-hydrogen) atoms. The van der Waals surface area contributed by atoms with Crippen molar-refractivity contribution in [1.82, 2.24) is 10.6 Å². The Morgan fingerprint density at radius 3 is 2.50 bits per heavy atom. The summed E-state index contributed by atoms with van der Waals surface area (Å²) in [7, 11) is 0. The maximum absolute atomic E-state index is 11.4. The van der Waals surface area contributed by atoms with Crippen LogP contribution in [0.1, 0.15) is 24.8 Å². The molecule has 0 saturated heterocycles. The first kappa shape index (κ1) is 16.5. The Balaban J connectivity index is 1.93. The third kappa shape index (κ3) is 8.50. The fourth-order valence-electron chi connectivity index (χ4n) is 1.67. The van der Waals surface area contributed by atoms with E-state index in [1.807, 2.05) is 30.3 Å². The number of carbonyl (C=O) groups excluding carboxylic acids is 1. The maximum atomic E-state index is 11.4. The molecule has 3 N–H and O–H groups in total. The van der Waals surface area contributed by atoms with Crippen LogP contribution in [0.4, 0.5) is 4.79 Å². The van der Waals surface area contributed by atoms with Crippen LogP contribution in [-0.4, -0.2) is 37.4 Å². The van der Waals surface area contributed by atoms with Crippen molar-refractivity contribution in [2.75, 3.05) is 26.2 Å². The van der Waals surface area contributed by atoms with Gasteiger partial charge in [-0.15, -0.1) is 0 Å². The van der Waals surface area contributed by atoms with Crippen LogP contribution in [0.15, 0.2) is 30.3 Å². The molecule has 0 saturated carbocycles. The number of rotatable bonds is 10. The lowest BCUT2D eigenvalue weighted by Gasteiger charge is -2.07. The Labute approximate surface area is 120 Å². The maximum Gasteiger partial charge on any atom is 0.407 e. The first-order valence-corrected chi connectivity index (χ1v) is 7.09. The van der Waals surface area contributed by atoms with Gasteiger partial charge in [0.05, 0.1) is 0 Å². The van der Waals surface area contributed by atoms with Gasteiger partial charge in [-0.2, -0.15) is 0 Å². The molecule has 0 radical (unpaired) electrons. The fraction of sp³-hybridized carbons (Fsp3) is 0.533. The molecular formula is C15H24N2O3. The number of hydrogen-bond acceptors (Lipinski definition) is 4. The lowest BCUT2D eigenvalue weighted by atomic mass is 10.2. The standard InChI is InChI=1S/C15H24N2O3/c18-12-6-10-16-9-4-5-11-17-15(19)20-13-14-7-2-1-3-8-14/h1-3,7-8,16,18H,4-6,9-13H2,(H,17,19). The summed E-state index contributed by atoms with van der Waals surface area (Å²) in [5.74, 6) is 0. The number of ether oxygens (including phenoxy) is 1. The number of carbonyl (C=O) groups is 1. The van der Waals surface area contributed by atoms with Crippen LogP contribution in [0.3, 0.4) is 0 Å². The molecule has 0 aliphatic carbocycles. The average molecular weight is 280 g/mol. The van der Waals surface area contributed by atoms with Crippen LogP contribution in [0.25, 0.3) is 0 Å². The second-order valence-electron chi connectivity index (χ2n) is 4.52. The molecule has 1 amide bonds. The largest absolute Gasteiger partial charge is 0.445 e. The molecule has 1 aromatic carbocycles. The molecule has 0 aliphatic rings. The zero-order chi connectivity index (χ0) is 14.5. The van der Waals surface area contributed by atoms with Gasteiger partial charge < -0.3 is 20.5 Å². The summed E-state index contributed by atoms with van der Waals surface area (Å²) >= 11 is 0. The minimum absolute atomic E-state index is 0.224. The van der Waals surface area contributed by atoms with Gasteiger partial charge in [0, 0.05) is 13.2 Å². The molecule has 0 bridgehead atoms. The average Bonchev–Trinajstić information content (AvgIpc) is 2.49. The van der Waals surface area contributed by atoms with Crippen molar-refractivity contribution in [3.8, 4) is 0 Å². The Kier molecular flexibility index (Phi) is 9.26. The molecule has 0 spiro atoms. The summed E-state index contributed by atoms with van der Waals surface area (Å²) < 4.78 is 5.09. The molecule has 0 aromatic heterocycles. The molecule has 0 unspecified atom stereocenters. The Bertz CT molecular complexity index is 357. The molecular weight excluding hydrogens is 256 g/mol. The second-order valence-corrected chi connectivity index (χ2v) is 4.52. The zero-order valence-electron chi connectivity index (χ0n) is 11.8. The van der Waals surface area contributed by atoms with Gasteiger partial charge in [-0.3, -0.25) is 0 Å². The van der Waals surface area contributed by atoms with Crippen LogP contribution < -0.4 is 10.6 Å². The van der Waals surface area contributed by atoms with Gasteiger partial charge in [0.15, 0.2) is 0 Å². The zero-order valence-corrected chi connectivity index (χ0v) is 11.8. The van der Waals surface area contributed by atoms with Gasteiger partial charge in [0.2, 0.25) is 0 Å². The van der Waals surface area contributed by atoms with Crippen molar-refractivity contribution >= 4 is 6.09 Å². The quantitative estimate of drug-likeness (QED) is 0.570. The Morgan fingerprint density at radius 2 is 1.75 bits per heavy atom. The lowest BCUT2D eigenvalue weighted by molar-refractivity contribution is 0.139. The summed E-state index contributed by atoms with van der Waals surface area (Å²) in [6, 6.07) is 9.61. The highest BCUT2D eigenvalue weighted by atomic mass is 16.5. The summed E-state index contributed by atoms with van der Waals surface area (Å²) in [6.07, 6.45) is 2.31. The van der Waals surface area contributed by atoms with E-state index in [1.54, 1.807) is 0 Å². The van der Waals surface area contributed by atoms with E-state index in [0.717, 1.165) is 37.9 Å². The Morgan fingerprint density at radius 1 is 1.05 bits per heavy atom. The first-order chi connectivity index (χ1) is 9.83. The van der Waals surface area contributed by atoms with E-state index in [-0.39, 0.29) is 12.7 Å². The molecule has 0 fully saturated rings. The fourth-order valence-corrected chi connectivity index (χ4v) is 1.67. The van der Waals surface area contributed by atoms with E-state index in [0.29, 0.717) is 13.2 Å². The van der Waals surface area contributed by atoms with E-state index in [2.05, 4.69) is 10.6 Å². The van der Waals surface area contributed by atoms with Gasteiger partial charge >= 0.3 is 6.09 Å². The number of benzene rings is 1. The summed E-state index contributed by atoms with van der Waals surface area (Å²) in [6.45, 7) is 2.89. The molecule has 5 heteroatoms. The van der Waals surface area contributed by atoms with Crippen molar-refractivity contribution in [3.63, 3.8) is 0 Å². The van der Waals surface area contributed by atoms with Crippen molar-refractivity contribution in [1.29, 1.82) is 0 Å². The van der Waals surface area contributed by atoms with Crippen LogP contribution in [0, 0.1) is 0 Å². The number of aliphatic hydroxyl groups is 1. The predicted molar refractivity (Wildman–Crippen MR) is 78.4 cm³/mol. The molecule has 1 rings (SSSR count). The molecule has 5 nitrogen and oxygen atoms in total. The number of nitrogens with one attached hydrogen (secondary N) is 2. The normalized spacial score (nSPS) is 10.2. The third-order valence-corrected chi connectivity index (χ3v) is 2.77. The molecule has 1 aromatic rings. The Hall–Kier alpha value is -1.59. The monoisotopic (exact) mass is 280 g/mol. The number of unbranched alkanes of at least 4 members (excludes halogenated alkanes) is 1. The van der Waals surface area contributed by atoms with Crippen LogP contribution in [-0.2, 0) is 11.3 Å². The molecule has 0 heterocycles. The van der Waals surface area contributed by atoms with Crippen LogP contribution >= 0.6 is 0 Å². The highest BCUT2D eigenvalue weighted by molar-refractivity contribution is 5.67. The van der Waals surface area contributed by atoms with Crippen molar-refractivity contribution < 1.29 is 14.6 Å². The van der Waals surface area contributed by atoms with Crippen LogP contribution in [0.5, 0.6) is 0 Å². The number of alkyl carbamates (subject to hydrolysis) is 1. The molecule has 0 atom stereocenters. The first-order valence-electron chi connectivity index (χ1n) is 7.09. The van der Waals surface area contributed by atoms with E-state index < -0.39 is 0 Å². The molecule has 0 aliphatic heterocycles. The van der Waals surface area contributed by atoms with Crippen LogP contribution in [0.2, 0.25) is 0 Å². The SMILES string of the molecule is O=C(NCCCCNCCCO)OCc1ccccc1. The van der Waals surface area contributed by atoms with Gasteiger partial charge in [-0.1, -0.05) is 30.3 Å². The van der Waals surface area contributed by atoms with Crippen molar-refractivity contribution in [2.24, 2.45) is 0 Å². The van der Waals surface area contributed by atoms with Gasteiger partial charge in [0.1, 0.15) is 6.61 Å². The highest BCUT2D eigenvalue weighted by Gasteiger charge is 2.01. The van der Waals surface area contributed by atoms with Crippen molar-refractivity contribution in [3.05, 3.63) is 35.9 Å². The van der Waals surface area contributed by atoms with E-state index in [1.165, 1.54) is 0 Å². The highest BCUT2D eigenvalue weighted by Crippen LogP contribution is 2.00. The summed E-state index contributed by atoms with van der Waals surface area (Å²) in [5.41, 5.74) is 0.982. The van der Waals surface area contributed by atoms with Gasteiger partial charge in [-0.25, -0.2) is 4.79 Å². The second kappa shape index (κ2) is 11.3. The smallest absolute Gasteiger partial charge is 0.407 e. The molecule has 112 valence electrons. The van der Waals surface area contributed by atoms with E-state index >= 15 is 0 Å². The summed E-state index contributed by atoms with van der Waals surface area (Å²) in [4.78, 5) is 11.4. The number of aliphatic hydroxyl groups excluding tert-OH is 1. The van der Waals surface area contributed by atoms with E-state index in [4.69, 9.17) is 9.84 Å². The number of amides is 1. The van der Waals surface area contributed by atoms with Gasteiger partial charge in [0.25, 0.3) is 0 Å². The van der Waals surface area contributed by atoms with E-state index in [9.17, 15) is 4.79 Å². The lowest BCUT2D eigenvalue weighted by Crippen LogP contribution is -2.26. The third-order valence-electron chi connectivity index (χ3n) is 2.77. The van der Waals surface area contributed by atoms with Crippen molar-refractivity contribution in [2.45, 2.75) is 25.9 Å².